The number of benzene rings is 1. The van der Waals surface area contributed by atoms with Gasteiger partial charge in [0.1, 0.15) is 0 Å². The van der Waals surface area contributed by atoms with E-state index in [0.29, 0.717) is 11.5 Å². The average molecular weight is 416 g/mol. The minimum absolute atomic E-state index is 0.0845. The molecule has 0 atom stereocenters. The first-order chi connectivity index (χ1) is 14.0. The van der Waals surface area contributed by atoms with Crippen molar-refractivity contribution < 1.29 is 27.0 Å². The van der Waals surface area contributed by atoms with E-state index >= 15 is 0 Å². The summed E-state index contributed by atoms with van der Waals surface area (Å²) < 4.78 is 61.8. The zero-order valence-corrected chi connectivity index (χ0v) is 17.1. The van der Waals surface area contributed by atoms with Crippen LogP contribution in [0.3, 0.4) is 0 Å². The largest absolute Gasteiger partial charge is 0.429 e. The topological polar surface area (TPSA) is 18.5 Å². The summed E-state index contributed by atoms with van der Waals surface area (Å²) in [5.74, 6) is -0.700. The Morgan fingerprint density at radius 2 is 1.45 bits per heavy atom. The molecular formula is C23H32F4O2. The number of hydrogen-bond donors (Lipinski definition) is 0. The van der Waals surface area contributed by atoms with Crippen LogP contribution in [0.25, 0.3) is 0 Å². The van der Waals surface area contributed by atoms with E-state index < -0.39 is 24.0 Å². The Bertz CT molecular complexity index is 613. The highest BCUT2D eigenvalue weighted by atomic mass is 19.3. The van der Waals surface area contributed by atoms with Crippen LogP contribution in [0.15, 0.2) is 12.1 Å². The van der Waals surface area contributed by atoms with E-state index in [9.17, 15) is 17.6 Å². The van der Waals surface area contributed by atoms with Crippen LogP contribution in [0.1, 0.15) is 75.7 Å². The quantitative estimate of drug-likeness (QED) is 0.333. The summed E-state index contributed by atoms with van der Waals surface area (Å²) in [4.78, 5) is 0. The van der Waals surface area contributed by atoms with Gasteiger partial charge >= 0.3 is 6.61 Å². The van der Waals surface area contributed by atoms with Crippen molar-refractivity contribution in [1.29, 1.82) is 0 Å². The third-order valence-electron chi connectivity index (χ3n) is 6.99. The van der Waals surface area contributed by atoms with E-state index in [1.54, 1.807) is 7.11 Å². The fraction of sp³-hybridized carbons (Fsp3) is 0.739. The smallest absolute Gasteiger partial charge is 0.387 e. The monoisotopic (exact) mass is 416 g/mol. The Balaban J connectivity index is 1.48. The fourth-order valence-electron chi connectivity index (χ4n) is 5.41. The molecule has 2 aliphatic rings. The molecule has 2 nitrogen and oxygen atoms in total. The summed E-state index contributed by atoms with van der Waals surface area (Å²) in [6, 6.07) is 2.33. The number of hydrogen-bond acceptors (Lipinski definition) is 2. The number of ether oxygens (including phenoxy) is 2. The summed E-state index contributed by atoms with van der Waals surface area (Å²) in [6.45, 7) is -2.39. The van der Waals surface area contributed by atoms with Gasteiger partial charge in [-0.3, -0.25) is 0 Å². The molecule has 0 bridgehead atoms. The Morgan fingerprint density at radius 3 is 1.97 bits per heavy atom. The number of alkyl halides is 2. The summed E-state index contributed by atoms with van der Waals surface area (Å²) in [5.41, 5.74) is 0.557. The van der Waals surface area contributed by atoms with Crippen molar-refractivity contribution in [3.05, 3.63) is 29.3 Å². The summed E-state index contributed by atoms with van der Waals surface area (Å²) in [7, 11) is 1.75. The average Bonchev–Trinajstić information content (AvgIpc) is 2.71. The van der Waals surface area contributed by atoms with Gasteiger partial charge in [-0.2, -0.15) is 8.78 Å². The van der Waals surface area contributed by atoms with Crippen LogP contribution in [0, 0.1) is 29.4 Å². The fourth-order valence-corrected chi connectivity index (χ4v) is 5.41. The maximum absolute atomic E-state index is 14.0. The molecule has 2 aliphatic carbocycles. The predicted molar refractivity (Wildman–Crippen MR) is 104 cm³/mol. The molecule has 0 unspecified atom stereocenters. The molecule has 0 N–H and O–H groups in total. The molecule has 6 heteroatoms. The van der Waals surface area contributed by atoms with Crippen LogP contribution in [0.5, 0.6) is 5.75 Å². The van der Waals surface area contributed by atoms with Crippen LogP contribution < -0.4 is 4.74 Å². The molecule has 0 radical (unpaired) electrons. The van der Waals surface area contributed by atoms with Gasteiger partial charge in [0.25, 0.3) is 0 Å². The van der Waals surface area contributed by atoms with E-state index in [1.807, 2.05) is 0 Å². The Hall–Kier alpha value is -1.30. The zero-order valence-electron chi connectivity index (χ0n) is 17.1. The third kappa shape index (κ3) is 6.09. The molecule has 0 saturated heterocycles. The summed E-state index contributed by atoms with van der Waals surface area (Å²) >= 11 is 0. The number of rotatable bonds is 8. The van der Waals surface area contributed by atoms with Gasteiger partial charge in [-0.05, 0) is 92.7 Å². The van der Waals surface area contributed by atoms with Gasteiger partial charge < -0.3 is 9.47 Å². The van der Waals surface area contributed by atoms with Gasteiger partial charge in [0.2, 0.25) is 0 Å². The lowest BCUT2D eigenvalue weighted by Crippen LogP contribution is -2.25. The van der Waals surface area contributed by atoms with E-state index in [2.05, 4.69) is 4.74 Å². The van der Waals surface area contributed by atoms with Crippen molar-refractivity contribution in [2.45, 2.75) is 76.7 Å². The molecule has 2 fully saturated rings. The number of methoxy groups -OCH3 is 1. The second kappa shape index (κ2) is 10.6. The minimum Gasteiger partial charge on any atom is -0.429 e. The number of halogens is 4. The van der Waals surface area contributed by atoms with Crippen molar-refractivity contribution in [3.8, 4) is 5.75 Å². The minimum atomic E-state index is -3.24. The van der Waals surface area contributed by atoms with Crippen LogP contribution >= 0.6 is 0 Å². The highest BCUT2D eigenvalue weighted by molar-refractivity contribution is 5.33. The molecule has 0 spiro atoms. The van der Waals surface area contributed by atoms with Gasteiger partial charge in [0.05, 0.1) is 0 Å². The van der Waals surface area contributed by atoms with Crippen molar-refractivity contribution in [3.63, 3.8) is 0 Å². The highest BCUT2D eigenvalue weighted by Crippen LogP contribution is 2.45. The summed E-state index contributed by atoms with van der Waals surface area (Å²) in [6.07, 6.45) is 11.5. The lowest BCUT2D eigenvalue weighted by Gasteiger charge is -2.38. The molecule has 0 amide bonds. The van der Waals surface area contributed by atoms with Gasteiger partial charge in [-0.25, -0.2) is 8.78 Å². The first-order valence-electron chi connectivity index (χ1n) is 10.9. The van der Waals surface area contributed by atoms with Crippen molar-refractivity contribution in [2.24, 2.45) is 17.8 Å². The summed E-state index contributed by atoms with van der Waals surface area (Å²) in [5, 5.41) is 0. The van der Waals surface area contributed by atoms with E-state index in [-0.39, 0.29) is 5.92 Å². The molecule has 1 aromatic carbocycles. The van der Waals surface area contributed by atoms with Crippen molar-refractivity contribution in [1.82, 2.24) is 0 Å². The van der Waals surface area contributed by atoms with Gasteiger partial charge in [-0.1, -0.05) is 12.8 Å². The van der Waals surface area contributed by atoms with E-state index in [0.717, 1.165) is 62.7 Å². The van der Waals surface area contributed by atoms with Crippen LogP contribution in [0.4, 0.5) is 17.6 Å². The Kier molecular flexibility index (Phi) is 8.22. The molecule has 0 heterocycles. The molecular weight excluding hydrogens is 384 g/mol. The third-order valence-corrected chi connectivity index (χ3v) is 6.99. The Morgan fingerprint density at radius 1 is 0.897 bits per heavy atom. The Labute approximate surface area is 171 Å². The predicted octanol–water partition coefficient (Wildman–Crippen LogP) is 7.07. The van der Waals surface area contributed by atoms with Gasteiger partial charge in [0.15, 0.2) is 17.4 Å². The van der Waals surface area contributed by atoms with Gasteiger partial charge in [0, 0.05) is 13.7 Å². The molecule has 1 aromatic rings. The zero-order chi connectivity index (χ0) is 20.8. The lowest BCUT2D eigenvalue weighted by atomic mass is 9.68. The molecule has 164 valence electrons. The molecule has 29 heavy (non-hydrogen) atoms. The molecule has 0 aromatic heterocycles. The SMILES string of the molecule is COCCCC1CCC(C2CCC(c3cc(F)c(OC(F)F)c(F)c3)CC2)CC1. The van der Waals surface area contributed by atoms with Crippen LogP contribution in [-0.2, 0) is 4.74 Å². The molecule has 2 saturated carbocycles. The van der Waals surface area contributed by atoms with Crippen LogP contribution in [0.2, 0.25) is 0 Å². The van der Waals surface area contributed by atoms with Crippen molar-refractivity contribution in [2.75, 3.05) is 13.7 Å². The molecule has 3 rings (SSSR count). The second-order valence-corrected chi connectivity index (χ2v) is 8.72. The first kappa shape index (κ1) is 22.4. The molecule has 0 aliphatic heterocycles. The van der Waals surface area contributed by atoms with Crippen LogP contribution in [-0.4, -0.2) is 20.3 Å². The van der Waals surface area contributed by atoms with E-state index in [4.69, 9.17) is 4.74 Å². The highest BCUT2D eigenvalue weighted by Gasteiger charge is 2.32. The first-order valence-corrected chi connectivity index (χ1v) is 10.9. The standard InChI is InChI=1S/C23H32F4O2/c1-28-12-2-3-15-4-6-16(7-5-15)17-8-10-18(11-9-17)19-13-20(24)22(21(25)14-19)29-23(26)27/h13-18,23H,2-12H2,1H3. The maximum atomic E-state index is 14.0. The maximum Gasteiger partial charge on any atom is 0.387 e. The van der Waals surface area contributed by atoms with E-state index in [1.165, 1.54) is 32.1 Å². The normalized spacial score (nSPS) is 27.9. The lowest BCUT2D eigenvalue weighted by molar-refractivity contribution is -0.0546. The van der Waals surface area contributed by atoms with Crippen molar-refractivity contribution >= 4 is 0 Å². The van der Waals surface area contributed by atoms with Gasteiger partial charge in [-0.15, -0.1) is 0 Å². The second-order valence-electron chi connectivity index (χ2n) is 8.72.